The van der Waals surface area contributed by atoms with Crippen molar-refractivity contribution in [1.82, 2.24) is 25.1 Å². The van der Waals surface area contributed by atoms with Crippen LogP contribution < -0.4 is 15.5 Å². The van der Waals surface area contributed by atoms with Crippen LogP contribution in [0.4, 0.5) is 30.6 Å². The van der Waals surface area contributed by atoms with Crippen LogP contribution in [0.3, 0.4) is 0 Å². The predicted octanol–water partition coefficient (Wildman–Crippen LogP) is 4.12. The highest BCUT2D eigenvalue weighted by Gasteiger charge is 2.37. The molecule has 1 aliphatic heterocycles. The summed E-state index contributed by atoms with van der Waals surface area (Å²) < 4.78 is 41.1. The number of hydrogen-bond donors (Lipinski definition) is 2. The lowest BCUT2D eigenvalue weighted by atomic mass is 10.0. The van der Waals surface area contributed by atoms with Crippen molar-refractivity contribution in [1.29, 1.82) is 0 Å². The fraction of sp³-hybridized carbons (Fsp3) is 0.522. The Bertz CT molecular complexity index is 1050. The van der Waals surface area contributed by atoms with Crippen LogP contribution in [0.15, 0.2) is 24.4 Å². The van der Waals surface area contributed by atoms with Crippen molar-refractivity contribution in [2.75, 3.05) is 64.1 Å². The van der Waals surface area contributed by atoms with Gasteiger partial charge in [-0.25, -0.2) is 4.98 Å². The second kappa shape index (κ2) is 12.3. The van der Waals surface area contributed by atoms with Crippen LogP contribution >= 0.6 is 23.2 Å². The summed E-state index contributed by atoms with van der Waals surface area (Å²) in [6.45, 7) is 2.53. The second-order valence-corrected chi connectivity index (χ2v) is 9.74. The Morgan fingerprint density at radius 1 is 1.17 bits per heavy atom. The molecule has 0 saturated carbocycles. The number of benzene rings is 1. The van der Waals surface area contributed by atoms with Crippen molar-refractivity contribution < 1.29 is 18.0 Å². The number of piperidine rings is 1. The van der Waals surface area contributed by atoms with Crippen LogP contribution in [0.25, 0.3) is 0 Å². The summed E-state index contributed by atoms with van der Waals surface area (Å²) in [5.41, 5.74) is -0.365. The molecule has 1 fully saturated rings. The number of amides is 1. The highest BCUT2D eigenvalue weighted by atomic mass is 35.5. The Morgan fingerprint density at radius 3 is 2.47 bits per heavy atom. The SMILES string of the molecule is CN(CCNC1CCN(c2nc(Nc3ccc(Cl)c(Cl)c3)ncc2C(F)(F)F)CC1)CC(=O)N(C)C. The highest BCUT2D eigenvalue weighted by Crippen LogP contribution is 2.37. The van der Waals surface area contributed by atoms with Crippen LogP contribution in [0.1, 0.15) is 18.4 Å². The van der Waals surface area contributed by atoms with Gasteiger partial charge in [-0.3, -0.25) is 9.69 Å². The monoisotopic (exact) mass is 547 g/mol. The number of nitrogens with zero attached hydrogens (tertiary/aromatic N) is 5. The number of nitrogens with one attached hydrogen (secondary N) is 2. The van der Waals surface area contributed by atoms with Gasteiger partial charge >= 0.3 is 6.18 Å². The molecule has 2 heterocycles. The molecule has 8 nitrogen and oxygen atoms in total. The largest absolute Gasteiger partial charge is 0.421 e. The molecule has 0 bridgehead atoms. The van der Waals surface area contributed by atoms with E-state index in [0.717, 1.165) is 6.20 Å². The predicted molar refractivity (Wildman–Crippen MR) is 136 cm³/mol. The smallest absolute Gasteiger partial charge is 0.356 e. The summed E-state index contributed by atoms with van der Waals surface area (Å²) >= 11 is 12.0. The Hall–Kier alpha value is -2.34. The minimum absolute atomic E-state index is 0.0316. The molecular formula is C23H30Cl2F3N7O. The van der Waals surface area contributed by atoms with Crippen LogP contribution in [0.5, 0.6) is 0 Å². The fourth-order valence-electron chi connectivity index (χ4n) is 3.78. The molecule has 0 aliphatic carbocycles. The van der Waals surface area contributed by atoms with Crippen LogP contribution in [-0.4, -0.2) is 85.6 Å². The molecule has 1 aromatic carbocycles. The minimum Gasteiger partial charge on any atom is -0.356 e. The third-order valence-electron chi connectivity index (χ3n) is 5.87. The summed E-state index contributed by atoms with van der Waals surface area (Å²) in [5.74, 6) is -0.0865. The number of rotatable bonds is 9. The molecule has 36 heavy (non-hydrogen) atoms. The Labute approximate surface area is 218 Å². The van der Waals surface area contributed by atoms with E-state index in [1.165, 1.54) is 0 Å². The van der Waals surface area contributed by atoms with Gasteiger partial charge in [-0.05, 0) is 38.1 Å². The summed E-state index contributed by atoms with van der Waals surface area (Å²) in [6.07, 6.45) is -2.45. The first-order chi connectivity index (χ1) is 16.9. The quantitative estimate of drug-likeness (QED) is 0.488. The number of aromatic nitrogens is 2. The first-order valence-corrected chi connectivity index (χ1v) is 12.2. The molecule has 1 saturated heterocycles. The maximum absolute atomic E-state index is 13.7. The molecule has 2 N–H and O–H groups in total. The van der Waals surface area contributed by atoms with Gasteiger partial charge in [0.25, 0.3) is 0 Å². The van der Waals surface area contributed by atoms with E-state index in [4.69, 9.17) is 23.2 Å². The number of halogens is 5. The van der Waals surface area contributed by atoms with Crippen molar-refractivity contribution in [2.24, 2.45) is 0 Å². The zero-order valence-electron chi connectivity index (χ0n) is 20.4. The van der Waals surface area contributed by atoms with E-state index in [9.17, 15) is 18.0 Å². The van der Waals surface area contributed by atoms with Gasteiger partial charge in [-0.1, -0.05) is 23.2 Å². The fourth-order valence-corrected chi connectivity index (χ4v) is 4.08. The zero-order chi connectivity index (χ0) is 26.5. The molecule has 198 valence electrons. The van der Waals surface area contributed by atoms with Crippen molar-refractivity contribution in [3.8, 4) is 0 Å². The van der Waals surface area contributed by atoms with Gasteiger partial charge in [0.2, 0.25) is 11.9 Å². The molecular weight excluding hydrogens is 518 g/mol. The second-order valence-electron chi connectivity index (χ2n) is 8.92. The number of likely N-dealkylation sites (N-methyl/N-ethyl adjacent to an activating group) is 2. The van der Waals surface area contributed by atoms with E-state index in [1.54, 1.807) is 42.1 Å². The third kappa shape index (κ3) is 7.83. The number of carbonyl (C=O) groups excluding carboxylic acids is 1. The van der Waals surface area contributed by atoms with E-state index in [1.807, 2.05) is 11.9 Å². The van der Waals surface area contributed by atoms with Gasteiger partial charge < -0.3 is 20.4 Å². The lowest BCUT2D eigenvalue weighted by Gasteiger charge is -2.34. The highest BCUT2D eigenvalue weighted by molar-refractivity contribution is 6.42. The van der Waals surface area contributed by atoms with Crippen LogP contribution in [0, 0.1) is 0 Å². The van der Waals surface area contributed by atoms with Crippen molar-refractivity contribution in [3.05, 3.63) is 40.0 Å². The molecule has 2 aromatic rings. The van der Waals surface area contributed by atoms with Gasteiger partial charge in [-0.15, -0.1) is 0 Å². The molecule has 0 unspecified atom stereocenters. The van der Waals surface area contributed by atoms with Gasteiger partial charge in [0.15, 0.2) is 0 Å². The molecule has 1 aromatic heterocycles. The molecule has 13 heteroatoms. The van der Waals surface area contributed by atoms with Gasteiger partial charge in [0.1, 0.15) is 11.4 Å². The van der Waals surface area contributed by atoms with Crippen molar-refractivity contribution >= 4 is 46.6 Å². The third-order valence-corrected chi connectivity index (χ3v) is 6.61. The van der Waals surface area contributed by atoms with Crippen molar-refractivity contribution in [3.63, 3.8) is 0 Å². The van der Waals surface area contributed by atoms with Crippen LogP contribution in [0.2, 0.25) is 10.0 Å². The van der Waals surface area contributed by atoms with Gasteiger partial charge in [0.05, 0.1) is 16.6 Å². The lowest BCUT2D eigenvalue weighted by Crippen LogP contribution is -2.45. The number of anilines is 3. The van der Waals surface area contributed by atoms with Gasteiger partial charge in [-0.2, -0.15) is 18.2 Å². The normalized spacial score (nSPS) is 14.9. The average molecular weight is 548 g/mol. The first-order valence-electron chi connectivity index (χ1n) is 11.5. The molecule has 1 amide bonds. The van der Waals surface area contributed by atoms with Gasteiger partial charge in [0, 0.05) is 58.2 Å². The molecule has 3 rings (SSSR count). The van der Waals surface area contributed by atoms with E-state index in [0.29, 0.717) is 61.3 Å². The van der Waals surface area contributed by atoms with E-state index in [2.05, 4.69) is 20.6 Å². The number of hydrogen-bond acceptors (Lipinski definition) is 7. The lowest BCUT2D eigenvalue weighted by molar-refractivity contribution is -0.137. The molecule has 0 spiro atoms. The van der Waals surface area contributed by atoms with Crippen molar-refractivity contribution in [2.45, 2.75) is 25.1 Å². The minimum atomic E-state index is -4.58. The average Bonchev–Trinajstić information content (AvgIpc) is 2.81. The molecule has 0 radical (unpaired) electrons. The topological polar surface area (TPSA) is 76.6 Å². The van der Waals surface area contributed by atoms with E-state index in [-0.39, 0.29) is 23.7 Å². The van der Waals surface area contributed by atoms with Crippen LogP contribution in [-0.2, 0) is 11.0 Å². The molecule has 0 atom stereocenters. The Morgan fingerprint density at radius 2 is 1.86 bits per heavy atom. The summed E-state index contributed by atoms with van der Waals surface area (Å²) in [6, 6.07) is 4.94. The Balaban J connectivity index is 1.61. The summed E-state index contributed by atoms with van der Waals surface area (Å²) in [5, 5.41) is 7.00. The zero-order valence-corrected chi connectivity index (χ0v) is 21.9. The standard InChI is InChI=1S/C23H30Cl2F3N7O/c1-33(2)20(36)14-34(3)11-8-29-15-6-9-35(10-7-15)21-17(23(26,27)28)13-30-22(32-21)31-16-4-5-18(24)19(25)12-16/h4-5,12-13,15,29H,6-11,14H2,1-3H3,(H,30,31,32). The maximum atomic E-state index is 13.7. The summed E-state index contributed by atoms with van der Waals surface area (Å²) in [7, 11) is 5.32. The van der Waals surface area contributed by atoms with E-state index >= 15 is 0 Å². The summed E-state index contributed by atoms with van der Waals surface area (Å²) in [4.78, 5) is 25.0. The molecule has 1 aliphatic rings. The first kappa shape index (κ1) is 28.2. The maximum Gasteiger partial charge on any atom is 0.421 e. The number of alkyl halides is 3. The Kier molecular flexibility index (Phi) is 9.62. The van der Waals surface area contributed by atoms with E-state index < -0.39 is 11.7 Å². The number of carbonyl (C=O) groups is 1.